The van der Waals surface area contributed by atoms with Crippen molar-refractivity contribution in [3.8, 4) is 0 Å². The highest BCUT2D eigenvalue weighted by Gasteiger charge is 2.10. The van der Waals surface area contributed by atoms with E-state index in [1.807, 2.05) is 12.2 Å². The molecule has 0 aliphatic carbocycles. The summed E-state index contributed by atoms with van der Waals surface area (Å²) in [4.78, 5) is 16.1. The van der Waals surface area contributed by atoms with Gasteiger partial charge in [0.15, 0.2) is 0 Å². The number of aromatic nitrogens is 2. The van der Waals surface area contributed by atoms with Crippen molar-refractivity contribution in [2.45, 2.75) is 12.8 Å². The summed E-state index contributed by atoms with van der Waals surface area (Å²) in [6, 6.07) is 0. The topological polar surface area (TPSA) is 34.9 Å². The maximum atomic E-state index is 11.9. The molecular weight excluding hydrogens is 188 g/mol. The van der Waals surface area contributed by atoms with Crippen LogP contribution in [0.3, 0.4) is 0 Å². The van der Waals surface area contributed by atoms with E-state index in [0.717, 1.165) is 18.5 Å². The molecule has 1 aromatic heterocycles. The van der Waals surface area contributed by atoms with Crippen molar-refractivity contribution in [1.29, 1.82) is 0 Å². The molecule has 0 atom stereocenters. The minimum absolute atomic E-state index is 0.165. The molecule has 2 rings (SSSR count). The van der Waals surface area contributed by atoms with E-state index in [0.29, 0.717) is 16.4 Å². The maximum Gasteiger partial charge on any atom is 0.265 e. The summed E-state index contributed by atoms with van der Waals surface area (Å²) in [5.74, 6) is 0.597. The number of allylic oxidation sites excluding steroid dienone is 2. The molecule has 0 fully saturated rings. The zero-order valence-electron chi connectivity index (χ0n) is 8.49. The van der Waals surface area contributed by atoms with Crippen molar-refractivity contribution in [2.75, 3.05) is 0 Å². The molecule has 1 aliphatic rings. The summed E-state index contributed by atoms with van der Waals surface area (Å²) in [5, 5.41) is 0.779. The van der Waals surface area contributed by atoms with Gasteiger partial charge in [0.25, 0.3) is 5.56 Å². The van der Waals surface area contributed by atoms with Crippen LogP contribution in [0.4, 0.5) is 0 Å². The highest BCUT2D eigenvalue weighted by atomic mass is 16.1. The molecule has 0 unspecified atom stereocenters. The van der Waals surface area contributed by atoms with Gasteiger partial charge in [-0.25, -0.2) is 4.98 Å². The lowest BCUT2D eigenvalue weighted by Gasteiger charge is -2.08. The number of hydrogen-bond acceptors (Lipinski definition) is 2. The van der Waals surface area contributed by atoms with Crippen LogP contribution in [0, 0.1) is 0 Å². The predicted molar refractivity (Wildman–Crippen MR) is 62.4 cm³/mol. The molecule has 0 spiro atoms. The van der Waals surface area contributed by atoms with Gasteiger partial charge in [0.05, 0.1) is 10.6 Å². The van der Waals surface area contributed by atoms with E-state index in [1.54, 1.807) is 0 Å². The molecule has 15 heavy (non-hydrogen) atoms. The Bertz CT molecular complexity index is 608. The van der Waals surface area contributed by atoms with Crippen molar-refractivity contribution < 1.29 is 0 Å². The second-order valence-electron chi connectivity index (χ2n) is 3.54. The van der Waals surface area contributed by atoms with Gasteiger partial charge in [-0.05, 0) is 18.9 Å². The standard InChI is InChI=1S/C12H12N2O/c1-8-6-4-5-7-11-13-10(3)9(2)12(15)14(8)11/h5,7H,1-4,6H2. The fourth-order valence-electron chi connectivity index (χ4n) is 1.59. The van der Waals surface area contributed by atoms with E-state index < -0.39 is 0 Å². The normalized spacial score (nSPS) is 14.8. The van der Waals surface area contributed by atoms with Crippen LogP contribution in [0.15, 0.2) is 17.4 Å². The molecule has 1 aliphatic heterocycles. The molecule has 0 bridgehead atoms. The number of hydrogen-bond donors (Lipinski definition) is 0. The molecule has 0 amide bonds. The fourth-order valence-corrected chi connectivity index (χ4v) is 1.59. The van der Waals surface area contributed by atoms with Gasteiger partial charge < -0.3 is 0 Å². The van der Waals surface area contributed by atoms with Gasteiger partial charge in [-0.1, -0.05) is 25.8 Å². The van der Waals surface area contributed by atoms with E-state index >= 15 is 0 Å². The third-order valence-electron chi connectivity index (χ3n) is 2.47. The van der Waals surface area contributed by atoms with Crippen LogP contribution in [0.2, 0.25) is 0 Å². The monoisotopic (exact) mass is 200 g/mol. The van der Waals surface area contributed by atoms with Gasteiger partial charge in [0, 0.05) is 5.70 Å². The largest absolute Gasteiger partial charge is 0.268 e. The SMILES string of the molecule is C=C1CCC=Cc2nc(=C)c(=C)c(=O)n21. The smallest absolute Gasteiger partial charge is 0.265 e. The van der Waals surface area contributed by atoms with E-state index in [1.165, 1.54) is 4.57 Å². The molecule has 0 saturated heterocycles. The molecule has 76 valence electrons. The van der Waals surface area contributed by atoms with Crippen LogP contribution in [0.1, 0.15) is 18.7 Å². The second-order valence-corrected chi connectivity index (χ2v) is 3.54. The summed E-state index contributed by atoms with van der Waals surface area (Å²) in [6.45, 7) is 11.2. The lowest BCUT2D eigenvalue weighted by atomic mass is 10.2. The lowest BCUT2D eigenvalue weighted by Crippen LogP contribution is -2.45. The zero-order valence-corrected chi connectivity index (χ0v) is 8.49. The Morgan fingerprint density at radius 3 is 2.80 bits per heavy atom. The van der Waals surface area contributed by atoms with Crippen molar-refractivity contribution in [2.24, 2.45) is 0 Å². The predicted octanol–water partition coefficient (Wildman–Crippen LogP) is 0.342. The molecule has 0 N–H and O–H groups in total. The highest BCUT2D eigenvalue weighted by molar-refractivity contribution is 5.53. The Hall–Kier alpha value is -1.90. The van der Waals surface area contributed by atoms with E-state index in [2.05, 4.69) is 24.7 Å². The van der Waals surface area contributed by atoms with Gasteiger partial charge >= 0.3 is 0 Å². The van der Waals surface area contributed by atoms with Crippen LogP contribution in [-0.4, -0.2) is 9.55 Å². The summed E-state index contributed by atoms with van der Waals surface area (Å²) < 4.78 is 1.51. The molecule has 1 aromatic rings. The van der Waals surface area contributed by atoms with E-state index in [-0.39, 0.29) is 5.56 Å². The summed E-state index contributed by atoms with van der Waals surface area (Å²) >= 11 is 0. The Morgan fingerprint density at radius 2 is 2.07 bits per heavy atom. The third kappa shape index (κ3) is 1.46. The first-order valence-corrected chi connectivity index (χ1v) is 4.77. The second kappa shape index (κ2) is 3.35. The summed E-state index contributed by atoms with van der Waals surface area (Å²) in [6.07, 6.45) is 5.45. The minimum Gasteiger partial charge on any atom is -0.268 e. The molecule has 2 heterocycles. The summed E-state index contributed by atoms with van der Waals surface area (Å²) in [5.41, 5.74) is 0.596. The van der Waals surface area contributed by atoms with Crippen molar-refractivity contribution in [3.63, 3.8) is 0 Å². The van der Waals surface area contributed by atoms with Crippen LogP contribution < -0.4 is 16.1 Å². The Balaban J connectivity index is 2.93. The van der Waals surface area contributed by atoms with Gasteiger partial charge in [-0.3, -0.25) is 9.36 Å². The van der Waals surface area contributed by atoms with Crippen LogP contribution >= 0.6 is 0 Å². The molecule has 0 aromatic carbocycles. The van der Waals surface area contributed by atoms with Crippen LogP contribution in [-0.2, 0) is 0 Å². The number of rotatable bonds is 0. The third-order valence-corrected chi connectivity index (χ3v) is 2.47. The Morgan fingerprint density at radius 1 is 1.33 bits per heavy atom. The van der Waals surface area contributed by atoms with E-state index in [4.69, 9.17) is 0 Å². The molecule has 0 saturated carbocycles. The van der Waals surface area contributed by atoms with E-state index in [9.17, 15) is 4.79 Å². The Kier molecular flexibility index (Phi) is 2.15. The summed E-state index contributed by atoms with van der Waals surface area (Å²) in [7, 11) is 0. The number of fused-ring (bicyclic) bond motifs is 1. The van der Waals surface area contributed by atoms with Crippen molar-refractivity contribution >= 4 is 24.9 Å². The molecular formula is C12H12N2O. The fraction of sp³-hybridized carbons (Fsp3) is 0.167. The van der Waals surface area contributed by atoms with Crippen molar-refractivity contribution in [3.05, 3.63) is 39.4 Å². The maximum absolute atomic E-state index is 11.9. The average Bonchev–Trinajstić information content (AvgIpc) is 2.37. The van der Waals surface area contributed by atoms with Gasteiger partial charge in [-0.15, -0.1) is 0 Å². The van der Waals surface area contributed by atoms with Crippen LogP contribution in [0.25, 0.3) is 24.9 Å². The molecule has 3 nitrogen and oxygen atoms in total. The van der Waals surface area contributed by atoms with Gasteiger partial charge in [-0.2, -0.15) is 0 Å². The van der Waals surface area contributed by atoms with Gasteiger partial charge in [0.2, 0.25) is 0 Å². The molecule has 0 radical (unpaired) electrons. The van der Waals surface area contributed by atoms with Crippen LogP contribution in [0.5, 0.6) is 0 Å². The highest BCUT2D eigenvalue weighted by Crippen LogP contribution is 2.14. The quantitative estimate of drug-likeness (QED) is 0.605. The van der Waals surface area contributed by atoms with Gasteiger partial charge in [0.1, 0.15) is 5.82 Å². The van der Waals surface area contributed by atoms with Crippen molar-refractivity contribution in [1.82, 2.24) is 9.55 Å². The molecule has 3 heteroatoms. The zero-order chi connectivity index (χ0) is 11.0. The first kappa shape index (κ1) is 9.65. The minimum atomic E-state index is -0.165. The lowest BCUT2D eigenvalue weighted by molar-refractivity contribution is 0.873. The Labute approximate surface area is 87.4 Å². The first-order valence-electron chi connectivity index (χ1n) is 4.77. The first-order chi connectivity index (χ1) is 7.11. The number of nitrogens with zero attached hydrogens (tertiary/aromatic N) is 2. The average molecular weight is 200 g/mol.